The fourth-order valence-corrected chi connectivity index (χ4v) is 4.91. The van der Waals surface area contributed by atoms with Crippen molar-refractivity contribution >= 4 is 5.82 Å². The van der Waals surface area contributed by atoms with E-state index < -0.39 is 6.17 Å². The minimum Gasteiger partial charge on any atom is -0.507 e. The molecule has 33 heavy (non-hydrogen) atoms. The molecule has 2 aromatic heterocycles. The van der Waals surface area contributed by atoms with Gasteiger partial charge in [-0.2, -0.15) is 5.10 Å². The lowest BCUT2D eigenvalue weighted by molar-refractivity contribution is 0.176. The third-order valence-corrected chi connectivity index (χ3v) is 6.82. The molecule has 4 heterocycles. The number of aromatic hydroxyl groups is 1. The molecule has 174 valence electrons. The van der Waals surface area contributed by atoms with Crippen molar-refractivity contribution in [2.24, 2.45) is 0 Å². The van der Waals surface area contributed by atoms with E-state index in [1.54, 1.807) is 36.4 Å². The summed E-state index contributed by atoms with van der Waals surface area (Å²) >= 11 is 0. The summed E-state index contributed by atoms with van der Waals surface area (Å²) in [7, 11) is 3.54. The van der Waals surface area contributed by atoms with Crippen molar-refractivity contribution in [2.75, 3.05) is 25.7 Å². The number of nitrogens with zero attached hydrogens (tertiary/aromatic N) is 5. The smallest absolute Gasteiger partial charge is 0.147 e. The van der Waals surface area contributed by atoms with Gasteiger partial charge in [-0.1, -0.05) is 6.07 Å². The Labute approximate surface area is 192 Å². The van der Waals surface area contributed by atoms with E-state index >= 15 is 0 Å². The molecular weight excluding hydrogens is 423 g/mol. The first-order chi connectivity index (χ1) is 16.0. The van der Waals surface area contributed by atoms with Crippen LogP contribution in [0.15, 0.2) is 43.0 Å². The second-order valence-electron chi connectivity index (χ2n) is 8.88. The number of phenols is 1. The molecule has 5 rings (SSSR count). The lowest BCUT2D eigenvalue weighted by Crippen LogP contribution is -2.55. The zero-order valence-electron chi connectivity index (χ0n) is 18.9. The second kappa shape index (κ2) is 9.07. The monoisotopic (exact) mass is 452 g/mol. The summed E-state index contributed by atoms with van der Waals surface area (Å²) in [4.78, 5) is 10.9. The van der Waals surface area contributed by atoms with Gasteiger partial charge in [0.05, 0.1) is 43.5 Å². The van der Waals surface area contributed by atoms with Crippen molar-refractivity contribution in [3.8, 4) is 28.1 Å². The maximum atomic E-state index is 14.9. The highest BCUT2D eigenvalue weighted by Gasteiger charge is 2.43. The van der Waals surface area contributed by atoms with E-state index in [-0.39, 0.29) is 17.8 Å². The van der Waals surface area contributed by atoms with Gasteiger partial charge in [-0.05, 0) is 37.0 Å². The van der Waals surface area contributed by atoms with Crippen LogP contribution in [0.2, 0.25) is 0 Å². The van der Waals surface area contributed by atoms with Crippen molar-refractivity contribution in [1.29, 1.82) is 0 Å². The van der Waals surface area contributed by atoms with Crippen LogP contribution in [0.1, 0.15) is 19.3 Å². The first-order valence-electron chi connectivity index (χ1n) is 11.3. The quantitative estimate of drug-likeness (QED) is 0.570. The fourth-order valence-electron chi connectivity index (χ4n) is 4.91. The van der Waals surface area contributed by atoms with Crippen molar-refractivity contribution in [3.63, 3.8) is 0 Å². The zero-order chi connectivity index (χ0) is 22.9. The molecule has 4 atom stereocenters. The normalized spacial score (nSPS) is 24.2. The SMILES string of the molecule is COCCn1cc(-c2ccc(-c3cnc(N(C)[C@H]4C[C@@H]5CC[C@@H](N5)[C@H]4F)cn3)c(O)c2)cn1. The van der Waals surface area contributed by atoms with Gasteiger partial charge < -0.3 is 20.1 Å². The number of anilines is 1. The number of alkyl halides is 1. The molecule has 2 fully saturated rings. The molecule has 0 amide bonds. The summed E-state index contributed by atoms with van der Waals surface area (Å²) in [6.07, 6.45) is 8.73. The highest BCUT2D eigenvalue weighted by atomic mass is 19.1. The molecule has 2 aliphatic rings. The van der Waals surface area contributed by atoms with Gasteiger partial charge in [0.1, 0.15) is 17.7 Å². The van der Waals surface area contributed by atoms with Gasteiger partial charge in [0.2, 0.25) is 0 Å². The van der Waals surface area contributed by atoms with Crippen molar-refractivity contribution in [2.45, 2.75) is 50.1 Å². The lowest BCUT2D eigenvalue weighted by Gasteiger charge is -2.38. The molecule has 2 N–H and O–H groups in total. The van der Waals surface area contributed by atoms with Crippen LogP contribution in [0.4, 0.5) is 10.2 Å². The largest absolute Gasteiger partial charge is 0.507 e. The van der Waals surface area contributed by atoms with E-state index in [4.69, 9.17) is 4.74 Å². The predicted molar refractivity (Wildman–Crippen MR) is 124 cm³/mol. The molecule has 8 nitrogen and oxygen atoms in total. The maximum Gasteiger partial charge on any atom is 0.147 e. The molecule has 3 aromatic rings. The number of methoxy groups -OCH3 is 1. The Hall–Kier alpha value is -3.04. The molecule has 0 radical (unpaired) electrons. The van der Waals surface area contributed by atoms with E-state index in [0.29, 0.717) is 36.3 Å². The predicted octanol–water partition coefficient (Wildman–Crippen LogP) is 3.03. The van der Waals surface area contributed by atoms with Crippen LogP contribution in [-0.2, 0) is 11.3 Å². The van der Waals surface area contributed by atoms with E-state index in [9.17, 15) is 9.50 Å². The number of phenolic OH excluding ortho intramolecular Hbond substituents is 1. The molecule has 2 bridgehead atoms. The first kappa shape index (κ1) is 21.8. The Kier molecular flexibility index (Phi) is 5.99. The zero-order valence-corrected chi connectivity index (χ0v) is 18.9. The number of fused-ring (bicyclic) bond motifs is 2. The van der Waals surface area contributed by atoms with Crippen LogP contribution in [0.25, 0.3) is 22.4 Å². The lowest BCUT2D eigenvalue weighted by atomic mass is 9.96. The summed E-state index contributed by atoms with van der Waals surface area (Å²) in [6, 6.07) is 5.56. The van der Waals surface area contributed by atoms with E-state index in [0.717, 1.165) is 30.4 Å². The third kappa shape index (κ3) is 4.30. The molecule has 2 saturated heterocycles. The fraction of sp³-hybridized carbons (Fsp3) is 0.458. The van der Waals surface area contributed by atoms with Crippen LogP contribution in [0, 0.1) is 0 Å². The molecule has 0 aliphatic carbocycles. The second-order valence-corrected chi connectivity index (χ2v) is 8.88. The summed E-state index contributed by atoms with van der Waals surface area (Å²) in [5.74, 6) is 0.749. The van der Waals surface area contributed by atoms with Crippen molar-refractivity contribution < 1.29 is 14.2 Å². The highest BCUT2D eigenvalue weighted by Crippen LogP contribution is 2.35. The number of piperidine rings is 1. The van der Waals surface area contributed by atoms with Crippen LogP contribution in [0.5, 0.6) is 5.75 Å². The Morgan fingerprint density at radius 1 is 1.21 bits per heavy atom. The number of aromatic nitrogens is 4. The van der Waals surface area contributed by atoms with Gasteiger partial charge in [-0.25, -0.2) is 9.37 Å². The van der Waals surface area contributed by atoms with Gasteiger partial charge in [0.15, 0.2) is 0 Å². The molecule has 9 heteroatoms. The molecule has 0 saturated carbocycles. The molecule has 0 unspecified atom stereocenters. The minimum atomic E-state index is -0.925. The van der Waals surface area contributed by atoms with Crippen molar-refractivity contribution in [1.82, 2.24) is 25.1 Å². The van der Waals surface area contributed by atoms with Crippen LogP contribution in [-0.4, -0.2) is 69.9 Å². The van der Waals surface area contributed by atoms with Gasteiger partial charge >= 0.3 is 0 Å². The number of nitrogens with one attached hydrogen (secondary N) is 1. The maximum absolute atomic E-state index is 14.9. The number of halogens is 1. The standard InChI is InChI=1S/C24H29FN6O2/c1-30(21-10-17-4-6-19(29-17)24(21)25)23-13-26-20(12-27-23)18-5-3-15(9-22(18)32)16-11-28-31(14-16)7-8-33-2/h3,5,9,11-14,17,19,21,24,29,32H,4,6-8,10H2,1-2H3/t17-,19+,21-,24+/m0/s1. The first-order valence-corrected chi connectivity index (χ1v) is 11.3. The summed E-state index contributed by atoms with van der Waals surface area (Å²) in [6.45, 7) is 1.25. The van der Waals surface area contributed by atoms with Gasteiger partial charge in [-0.15, -0.1) is 0 Å². The summed E-state index contributed by atoms with van der Waals surface area (Å²) < 4.78 is 21.8. The van der Waals surface area contributed by atoms with Crippen LogP contribution >= 0.6 is 0 Å². The number of hydrogen-bond acceptors (Lipinski definition) is 7. The number of hydrogen-bond donors (Lipinski definition) is 2. The molecular formula is C24H29FN6O2. The Bertz CT molecular complexity index is 1100. The summed E-state index contributed by atoms with van der Waals surface area (Å²) in [5.41, 5.74) is 2.93. The van der Waals surface area contributed by atoms with Gasteiger partial charge in [0.25, 0.3) is 0 Å². The minimum absolute atomic E-state index is 0.0639. The number of ether oxygens (including phenoxy) is 1. The Morgan fingerprint density at radius 3 is 2.85 bits per heavy atom. The summed E-state index contributed by atoms with van der Waals surface area (Å²) in [5, 5.41) is 18.3. The average Bonchev–Trinajstić information content (AvgIpc) is 3.47. The highest BCUT2D eigenvalue weighted by molar-refractivity contribution is 5.73. The van der Waals surface area contributed by atoms with Crippen LogP contribution in [0.3, 0.4) is 0 Å². The molecule has 0 spiro atoms. The third-order valence-electron chi connectivity index (χ3n) is 6.82. The van der Waals surface area contributed by atoms with Crippen LogP contribution < -0.4 is 10.2 Å². The van der Waals surface area contributed by atoms with Gasteiger partial charge in [0, 0.05) is 43.6 Å². The molecule has 1 aromatic carbocycles. The van der Waals surface area contributed by atoms with Gasteiger partial charge in [-0.3, -0.25) is 9.67 Å². The number of rotatable bonds is 7. The van der Waals surface area contributed by atoms with E-state index in [1.807, 2.05) is 30.3 Å². The average molecular weight is 453 g/mol. The Balaban J connectivity index is 1.31. The topological polar surface area (TPSA) is 88.3 Å². The Morgan fingerprint density at radius 2 is 2.09 bits per heavy atom. The van der Waals surface area contributed by atoms with E-state index in [2.05, 4.69) is 20.4 Å². The molecule has 2 aliphatic heterocycles. The van der Waals surface area contributed by atoms with Crippen molar-refractivity contribution in [3.05, 3.63) is 43.0 Å². The number of benzene rings is 1. The van der Waals surface area contributed by atoms with E-state index in [1.165, 1.54) is 0 Å².